The van der Waals surface area contributed by atoms with Crippen molar-refractivity contribution in [3.8, 4) is 11.5 Å². The first kappa shape index (κ1) is 18.3. The summed E-state index contributed by atoms with van der Waals surface area (Å²) >= 11 is 0. The molecule has 0 unspecified atom stereocenters. The van der Waals surface area contributed by atoms with Gasteiger partial charge in [-0.15, -0.1) is 0 Å². The highest BCUT2D eigenvalue weighted by molar-refractivity contribution is 5.97. The van der Waals surface area contributed by atoms with Crippen LogP contribution in [-0.2, 0) is 16.0 Å². The second kappa shape index (κ2) is 8.73. The summed E-state index contributed by atoms with van der Waals surface area (Å²) in [5.74, 6) is -0.388. The Kier molecular flexibility index (Phi) is 6.39. The van der Waals surface area contributed by atoms with Gasteiger partial charge in [0.15, 0.2) is 18.1 Å². The van der Waals surface area contributed by atoms with E-state index in [2.05, 4.69) is 5.32 Å². The Balaban J connectivity index is 1.99. The lowest BCUT2D eigenvalue weighted by Crippen LogP contribution is -2.21. The van der Waals surface area contributed by atoms with Gasteiger partial charge in [-0.1, -0.05) is 25.1 Å². The molecule has 2 aromatic carbocycles. The third kappa shape index (κ3) is 4.73. The number of benzene rings is 2. The molecule has 0 atom stereocenters. The van der Waals surface area contributed by atoms with E-state index in [0.29, 0.717) is 11.4 Å². The van der Waals surface area contributed by atoms with E-state index in [1.165, 1.54) is 14.2 Å². The maximum absolute atomic E-state index is 12.2. The molecule has 0 aromatic heterocycles. The third-order valence-corrected chi connectivity index (χ3v) is 3.58. The lowest BCUT2D eigenvalue weighted by Gasteiger charge is -2.12. The Morgan fingerprint density at radius 2 is 1.80 bits per heavy atom. The number of ether oxygens (including phenoxy) is 3. The SMILES string of the molecule is CCc1cccc(NC(=O)COC(=O)c2cccc(OC)c2OC)c1. The van der Waals surface area contributed by atoms with Crippen LogP contribution in [0.25, 0.3) is 0 Å². The number of rotatable bonds is 7. The average molecular weight is 343 g/mol. The van der Waals surface area contributed by atoms with Crippen LogP contribution in [0, 0.1) is 0 Å². The first-order valence-electron chi connectivity index (χ1n) is 7.86. The quantitative estimate of drug-likeness (QED) is 0.782. The maximum atomic E-state index is 12.2. The number of hydrogen-bond acceptors (Lipinski definition) is 5. The van der Waals surface area contributed by atoms with E-state index in [1.807, 2.05) is 25.1 Å². The summed E-state index contributed by atoms with van der Waals surface area (Å²) < 4.78 is 15.4. The number of esters is 1. The first-order chi connectivity index (χ1) is 12.1. The molecule has 0 bridgehead atoms. The summed E-state index contributed by atoms with van der Waals surface area (Å²) in [6.07, 6.45) is 0.869. The summed E-state index contributed by atoms with van der Waals surface area (Å²) in [4.78, 5) is 24.2. The van der Waals surface area contributed by atoms with E-state index >= 15 is 0 Å². The van der Waals surface area contributed by atoms with Gasteiger partial charge in [0.25, 0.3) is 5.91 Å². The van der Waals surface area contributed by atoms with Crippen molar-refractivity contribution in [1.29, 1.82) is 0 Å². The molecule has 2 rings (SSSR count). The van der Waals surface area contributed by atoms with E-state index in [4.69, 9.17) is 14.2 Å². The molecule has 0 radical (unpaired) electrons. The second-order valence-corrected chi connectivity index (χ2v) is 5.22. The van der Waals surface area contributed by atoms with Gasteiger partial charge in [0.2, 0.25) is 0 Å². The fourth-order valence-electron chi connectivity index (χ4n) is 2.32. The van der Waals surface area contributed by atoms with E-state index in [-0.39, 0.29) is 11.3 Å². The van der Waals surface area contributed by atoms with E-state index in [1.54, 1.807) is 24.3 Å². The zero-order chi connectivity index (χ0) is 18.2. The number of carbonyl (C=O) groups excluding carboxylic acids is 2. The zero-order valence-electron chi connectivity index (χ0n) is 14.5. The normalized spacial score (nSPS) is 10.0. The number of carbonyl (C=O) groups is 2. The predicted molar refractivity (Wildman–Crippen MR) is 94.3 cm³/mol. The summed E-state index contributed by atoms with van der Waals surface area (Å²) in [6, 6.07) is 12.4. The van der Waals surface area contributed by atoms with Gasteiger partial charge in [-0.3, -0.25) is 4.79 Å². The van der Waals surface area contributed by atoms with E-state index in [9.17, 15) is 9.59 Å². The largest absolute Gasteiger partial charge is 0.493 e. The average Bonchev–Trinajstić information content (AvgIpc) is 2.65. The Hall–Kier alpha value is -3.02. The molecule has 0 saturated heterocycles. The van der Waals surface area contributed by atoms with Crippen molar-refractivity contribution in [1.82, 2.24) is 0 Å². The van der Waals surface area contributed by atoms with Crippen LogP contribution < -0.4 is 14.8 Å². The van der Waals surface area contributed by atoms with Gasteiger partial charge in [-0.05, 0) is 36.2 Å². The summed E-state index contributed by atoms with van der Waals surface area (Å²) in [6.45, 7) is 1.64. The van der Waals surface area contributed by atoms with E-state index in [0.717, 1.165) is 12.0 Å². The number of aryl methyl sites for hydroxylation is 1. The summed E-state index contributed by atoms with van der Waals surface area (Å²) in [5, 5.41) is 2.70. The molecule has 1 N–H and O–H groups in total. The molecule has 25 heavy (non-hydrogen) atoms. The van der Waals surface area contributed by atoms with Crippen molar-refractivity contribution in [3.05, 3.63) is 53.6 Å². The number of anilines is 1. The topological polar surface area (TPSA) is 73.9 Å². The maximum Gasteiger partial charge on any atom is 0.342 e. The van der Waals surface area contributed by atoms with Crippen LogP contribution in [-0.4, -0.2) is 32.7 Å². The smallest absolute Gasteiger partial charge is 0.342 e. The van der Waals surface area contributed by atoms with Gasteiger partial charge in [-0.2, -0.15) is 0 Å². The molecule has 0 aliphatic rings. The Labute approximate surface area is 146 Å². The molecule has 132 valence electrons. The molecule has 0 fully saturated rings. The van der Waals surface area contributed by atoms with Crippen molar-refractivity contribution >= 4 is 17.6 Å². The van der Waals surface area contributed by atoms with Gasteiger partial charge < -0.3 is 19.5 Å². The number of nitrogens with one attached hydrogen (secondary N) is 1. The lowest BCUT2D eigenvalue weighted by atomic mass is 10.1. The van der Waals surface area contributed by atoms with Gasteiger partial charge in [0.05, 0.1) is 14.2 Å². The van der Waals surface area contributed by atoms with Crippen LogP contribution in [0.5, 0.6) is 11.5 Å². The fourth-order valence-corrected chi connectivity index (χ4v) is 2.32. The van der Waals surface area contributed by atoms with Crippen molar-refractivity contribution in [3.63, 3.8) is 0 Å². The summed E-state index contributed by atoms with van der Waals surface area (Å²) in [7, 11) is 2.91. The molecule has 0 heterocycles. The van der Waals surface area contributed by atoms with Crippen molar-refractivity contribution in [2.24, 2.45) is 0 Å². The standard InChI is InChI=1S/C19H21NO5/c1-4-13-7-5-8-14(11-13)20-17(21)12-25-19(22)15-9-6-10-16(23-2)18(15)24-3/h5-11H,4,12H2,1-3H3,(H,20,21). The fraction of sp³-hybridized carbons (Fsp3) is 0.263. The molecule has 0 aliphatic heterocycles. The third-order valence-electron chi connectivity index (χ3n) is 3.58. The minimum atomic E-state index is -0.659. The van der Waals surface area contributed by atoms with Gasteiger partial charge >= 0.3 is 5.97 Å². The van der Waals surface area contributed by atoms with Crippen LogP contribution in [0.15, 0.2) is 42.5 Å². The first-order valence-corrected chi connectivity index (χ1v) is 7.86. The number of amides is 1. The van der Waals surface area contributed by atoms with E-state index < -0.39 is 18.5 Å². The minimum Gasteiger partial charge on any atom is -0.493 e. The van der Waals surface area contributed by atoms with Crippen molar-refractivity contribution < 1.29 is 23.8 Å². The van der Waals surface area contributed by atoms with Crippen LogP contribution in [0.3, 0.4) is 0 Å². The number of methoxy groups -OCH3 is 2. The zero-order valence-corrected chi connectivity index (χ0v) is 14.5. The monoisotopic (exact) mass is 343 g/mol. The molecule has 1 amide bonds. The molecular formula is C19H21NO5. The molecule has 2 aromatic rings. The molecule has 0 spiro atoms. The molecular weight excluding hydrogens is 322 g/mol. The van der Waals surface area contributed by atoms with Gasteiger partial charge in [-0.25, -0.2) is 4.79 Å². The molecule has 6 heteroatoms. The summed E-state index contributed by atoms with van der Waals surface area (Å²) in [5.41, 5.74) is 1.97. The highest BCUT2D eigenvalue weighted by atomic mass is 16.5. The van der Waals surface area contributed by atoms with Crippen LogP contribution in [0.1, 0.15) is 22.8 Å². The van der Waals surface area contributed by atoms with Crippen LogP contribution in [0.4, 0.5) is 5.69 Å². The minimum absolute atomic E-state index is 0.197. The van der Waals surface area contributed by atoms with Gasteiger partial charge in [0.1, 0.15) is 5.56 Å². The van der Waals surface area contributed by atoms with Crippen LogP contribution >= 0.6 is 0 Å². The highest BCUT2D eigenvalue weighted by Gasteiger charge is 2.18. The molecule has 0 aliphatic carbocycles. The van der Waals surface area contributed by atoms with Crippen molar-refractivity contribution in [2.75, 3.05) is 26.1 Å². The molecule has 0 saturated carbocycles. The second-order valence-electron chi connectivity index (χ2n) is 5.22. The molecule has 6 nitrogen and oxygen atoms in total. The highest BCUT2D eigenvalue weighted by Crippen LogP contribution is 2.31. The number of para-hydroxylation sites is 1. The number of hydrogen-bond donors (Lipinski definition) is 1. The Morgan fingerprint density at radius 1 is 1.04 bits per heavy atom. The van der Waals surface area contributed by atoms with Crippen molar-refractivity contribution in [2.45, 2.75) is 13.3 Å². The Morgan fingerprint density at radius 3 is 2.48 bits per heavy atom. The lowest BCUT2D eigenvalue weighted by molar-refractivity contribution is -0.119. The van der Waals surface area contributed by atoms with Gasteiger partial charge in [0, 0.05) is 5.69 Å². The van der Waals surface area contributed by atoms with Crippen LogP contribution in [0.2, 0.25) is 0 Å². The Bertz CT molecular complexity index is 757. The predicted octanol–water partition coefficient (Wildman–Crippen LogP) is 3.06.